The van der Waals surface area contributed by atoms with Crippen LogP contribution >= 0.6 is 21.6 Å². The lowest BCUT2D eigenvalue weighted by Gasteiger charge is -2.34. The van der Waals surface area contributed by atoms with Crippen molar-refractivity contribution in [1.82, 2.24) is 52.8 Å². The van der Waals surface area contributed by atoms with E-state index in [0.717, 1.165) is 21.6 Å². The summed E-state index contributed by atoms with van der Waals surface area (Å²) in [5.41, 5.74) is 46.9. The molecule has 35 heteroatoms. The van der Waals surface area contributed by atoms with Gasteiger partial charge in [-0.05, 0) is 101 Å². The lowest BCUT2D eigenvalue weighted by molar-refractivity contribution is -0.143. The van der Waals surface area contributed by atoms with Crippen LogP contribution in [0.3, 0.4) is 0 Å². The standard InChI is InChI=1S/C59H93N21O12S2/c1-5-32(2)45-54(91)76-39(17-11-25-70-58(66)67)55(92)80-26-12-18-42(80)53(90)79-46(47(61)84)59(3,4)94-93-31-41(52(89)75-37(15-9-23-68-56(62)63)49(86)74-38(50(87)78-45)16-10-24-69-57(64)65)77-51(88)40(28-33-13-7-6-8-14-33)73-44(83)30-71-43(82)29-72-48(85)36(60)27-34-19-21-35(81)22-20-34/h6-8,13-14,19-22,32,36-42,45-46,81H,5,9-12,15-18,23-31,60H2,1-4H3,(H2,61,84)(H,71,82)(H,72,85)(H,73,83)(H,74,86)(H,75,89)(H,76,91)(H,77,88)(H,78,87)(H,79,90)(H4,62,63,68)(H4,64,65,69)(H4,66,67,70)/t32-,36-,37?,38?,39-,40-,41+,42-,45-,46+/m0/s1. The molecular weight excluding hydrogens is 1260 g/mol. The number of aromatic hydroxyl groups is 1. The van der Waals surface area contributed by atoms with E-state index in [2.05, 4.69) is 62.8 Å². The second-order valence-corrected chi connectivity index (χ2v) is 26.2. The van der Waals surface area contributed by atoms with Crippen LogP contribution in [0, 0.1) is 5.92 Å². The molecule has 518 valence electrons. The predicted octanol–water partition coefficient (Wildman–Crippen LogP) is -5.01. The summed E-state index contributed by atoms with van der Waals surface area (Å²) >= 11 is 0. The molecule has 0 spiro atoms. The summed E-state index contributed by atoms with van der Waals surface area (Å²) in [5, 5.41) is 33.4. The Kier molecular flexibility index (Phi) is 31.9. The number of guanidine groups is 3. The molecule has 2 heterocycles. The fraction of sp³-hybridized carbons (Fsp3) is 0.559. The van der Waals surface area contributed by atoms with Crippen LogP contribution in [0.15, 0.2) is 69.6 Å². The molecule has 26 N–H and O–H groups in total. The molecule has 11 amide bonds. The third-order valence-corrected chi connectivity index (χ3v) is 18.6. The van der Waals surface area contributed by atoms with E-state index < -0.39 is 143 Å². The van der Waals surface area contributed by atoms with Crippen LogP contribution in [0.2, 0.25) is 0 Å². The minimum atomic E-state index is -1.59. The van der Waals surface area contributed by atoms with E-state index >= 15 is 0 Å². The summed E-state index contributed by atoms with van der Waals surface area (Å²) in [6, 6.07) is 2.28. The smallest absolute Gasteiger partial charge is 0.245 e. The first kappa shape index (κ1) is 77.3. The second kappa shape index (κ2) is 38.8. The van der Waals surface area contributed by atoms with Crippen LogP contribution in [0.4, 0.5) is 0 Å². The van der Waals surface area contributed by atoms with Gasteiger partial charge < -0.3 is 104 Å². The number of primary amides is 1. The number of amides is 11. The average molecular weight is 1350 g/mol. The maximum atomic E-state index is 15.0. The van der Waals surface area contributed by atoms with E-state index in [1.807, 2.05) is 0 Å². The predicted molar refractivity (Wildman–Crippen MR) is 357 cm³/mol. The zero-order valence-corrected chi connectivity index (χ0v) is 55.0. The SMILES string of the molecule is CC[C@H](C)[C@@H]1NC(=O)C(CCCN=C(N)N)NC(=O)C(CCCN=C(N)N)NC(=O)[C@H](NC(=O)[C@H](Cc2ccccc2)NC(=O)CNC(=O)CNC(=O)[C@@H](N)Cc2ccc(O)cc2)CSSC(C)(C)[C@@H](C(N)=O)NC(=O)[C@@H]2CCCN2C(=O)[C@H](CCCN=C(N)N)NC1=O. The number of rotatable bonds is 27. The lowest BCUT2D eigenvalue weighted by atomic mass is 9.96. The van der Waals surface area contributed by atoms with Gasteiger partial charge in [-0.1, -0.05) is 84.3 Å². The van der Waals surface area contributed by atoms with E-state index in [4.69, 9.17) is 45.9 Å². The maximum absolute atomic E-state index is 15.0. The number of nitrogens with two attached hydrogens (primary N) is 8. The van der Waals surface area contributed by atoms with Gasteiger partial charge in [0.05, 0.1) is 19.1 Å². The minimum Gasteiger partial charge on any atom is -0.508 e. The van der Waals surface area contributed by atoms with Gasteiger partial charge in [0.15, 0.2) is 17.9 Å². The molecule has 0 bridgehead atoms. The number of hydrogen-bond donors (Lipinski definition) is 18. The van der Waals surface area contributed by atoms with Crippen LogP contribution in [-0.4, -0.2) is 197 Å². The Morgan fingerprint density at radius 2 is 1.19 bits per heavy atom. The van der Waals surface area contributed by atoms with Gasteiger partial charge in [0.2, 0.25) is 65.0 Å². The van der Waals surface area contributed by atoms with Gasteiger partial charge in [-0.15, -0.1) is 0 Å². The molecule has 2 unspecified atom stereocenters. The molecule has 2 fully saturated rings. The van der Waals surface area contributed by atoms with E-state index in [9.17, 15) is 57.8 Å². The summed E-state index contributed by atoms with van der Waals surface area (Å²) in [7, 11) is 1.96. The summed E-state index contributed by atoms with van der Waals surface area (Å²) in [4.78, 5) is 169. The molecule has 2 aromatic rings. The topological polar surface area (TPSA) is 565 Å². The highest BCUT2D eigenvalue weighted by Crippen LogP contribution is 2.39. The average Bonchev–Trinajstić information content (AvgIpc) is 1.51. The molecule has 0 aromatic heterocycles. The van der Waals surface area contributed by atoms with Crippen molar-refractivity contribution < 1.29 is 57.8 Å². The highest BCUT2D eigenvalue weighted by Gasteiger charge is 2.44. The largest absolute Gasteiger partial charge is 0.508 e. The normalized spacial score (nSPS) is 21.7. The van der Waals surface area contributed by atoms with Crippen LogP contribution < -0.4 is 93.7 Å². The fourth-order valence-corrected chi connectivity index (χ4v) is 12.8. The molecule has 2 aromatic carbocycles. The van der Waals surface area contributed by atoms with Crippen LogP contribution in [0.5, 0.6) is 5.75 Å². The minimum absolute atomic E-state index is 0.00330. The van der Waals surface area contributed by atoms with E-state index in [1.165, 1.54) is 17.0 Å². The van der Waals surface area contributed by atoms with E-state index in [0.29, 0.717) is 24.0 Å². The Hall–Kier alpha value is -9.12. The summed E-state index contributed by atoms with van der Waals surface area (Å²) < 4.78 is -1.31. The quantitative estimate of drug-likeness (QED) is 0.0172. The Morgan fingerprint density at radius 1 is 0.660 bits per heavy atom. The molecule has 2 aliphatic rings. The van der Waals surface area contributed by atoms with Crippen LogP contribution in [-0.2, 0) is 65.6 Å². The second-order valence-electron chi connectivity index (χ2n) is 23.2. The highest BCUT2D eigenvalue weighted by atomic mass is 33.1. The van der Waals surface area contributed by atoms with Crippen molar-refractivity contribution in [3.8, 4) is 5.75 Å². The fourth-order valence-electron chi connectivity index (χ4n) is 9.98. The lowest BCUT2D eigenvalue weighted by Crippen LogP contribution is -2.61. The third kappa shape index (κ3) is 26.5. The van der Waals surface area contributed by atoms with Crippen molar-refractivity contribution in [1.29, 1.82) is 0 Å². The molecule has 0 aliphatic carbocycles. The Bertz CT molecular complexity index is 3020. The first-order chi connectivity index (χ1) is 44.5. The first-order valence-electron chi connectivity index (χ1n) is 30.8. The van der Waals surface area contributed by atoms with Gasteiger partial charge in [0.1, 0.15) is 54.1 Å². The number of carbonyl (C=O) groups is 11. The van der Waals surface area contributed by atoms with Crippen molar-refractivity contribution in [2.45, 2.75) is 157 Å². The zero-order valence-electron chi connectivity index (χ0n) is 53.4. The molecule has 0 saturated carbocycles. The number of aliphatic imine (C=N–C) groups is 3. The van der Waals surface area contributed by atoms with Gasteiger partial charge in [-0.2, -0.15) is 0 Å². The molecule has 33 nitrogen and oxygen atoms in total. The number of fused-ring (bicyclic) bond motifs is 1. The number of hydrogen-bond acceptors (Lipinski definition) is 18. The maximum Gasteiger partial charge on any atom is 0.245 e. The number of phenols is 1. The molecule has 10 atom stereocenters. The van der Waals surface area contributed by atoms with Gasteiger partial charge >= 0.3 is 0 Å². The molecule has 94 heavy (non-hydrogen) atoms. The molecule has 0 radical (unpaired) electrons. The van der Waals surface area contributed by atoms with Crippen molar-refractivity contribution >= 4 is 104 Å². The van der Waals surface area contributed by atoms with E-state index in [-0.39, 0.29) is 113 Å². The Labute approximate surface area is 553 Å². The number of carbonyl (C=O) groups excluding carboxylic acids is 11. The van der Waals surface area contributed by atoms with Crippen LogP contribution in [0.1, 0.15) is 96.6 Å². The summed E-state index contributed by atoms with van der Waals surface area (Å²) in [6.07, 6.45) is 0.825. The Morgan fingerprint density at radius 3 is 1.76 bits per heavy atom. The number of benzene rings is 2. The molecule has 2 aliphatic heterocycles. The third-order valence-electron chi connectivity index (χ3n) is 15.3. The highest BCUT2D eigenvalue weighted by molar-refractivity contribution is 8.77. The van der Waals surface area contributed by atoms with Crippen molar-refractivity contribution in [2.24, 2.45) is 66.8 Å². The monoisotopic (exact) mass is 1350 g/mol. The number of phenolic OH excluding ortho intramolecular Hbond substituents is 1. The Balaban J connectivity index is 1.77. The first-order valence-corrected chi connectivity index (χ1v) is 33.1. The van der Waals surface area contributed by atoms with Crippen molar-refractivity contribution in [3.63, 3.8) is 0 Å². The zero-order chi connectivity index (χ0) is 69.7. The van der Waals surface area contributed by atoms with Gasteiger partial charge in [0.25, 0.3) is 0 Å². The van der Waals surface area contributed by atoms with Crippen molar-refractivity contribution in [3.05, 3.63) is 65.7 Å². The van der Waals surface area contributed by atoms with Crippen LogP contribution in [0.25, 0.3) is 0 Å². The van der Waals surface area contributed by atoms with E-state index in [1.54, 1.807) is 70.2 Å². The van der Waals surface area contributed by atoms with Gasteiger partial charge in [-0.3, -0.25) is 67.7 Å². The number of nitrogens with zero attached hydrogens (tertiary/aromatic N) is 4. The van der Waals surface area contributed by atoms with Gasteiger partial charge in [0, 0.05) is 43.1 Å². The van der Waals surface area contributed by atoms with Gasteiger partial charge in [-0.25, -0.2) is 0 Å². The molecular formula is C59H93N21O12S2. The molecule has 2 saturated heterocycles. The number of nitrogens with one attached hydrogen (secondary N) is 9. The summed E-state index contributed by atoms with van der Waals surface area (Å²) in [6.45, 7) is 5.52. The summed E-state index contributed by atoms with van der Waals surface area (Å²) in [5.74, 6) is -10.7. The van der Waals surface area contributed by atoms with Crippen molar-refractivity contribution in [2.75, 3.05) is 45.0 Å². The molecule has 4 rings (SSSR count).